The van der Waals surface area contributed by atoms with Crippen LogP contribution >= 0.6 is 12.2 Å². The third kappa shape index (κ3) is 3.45. The predicted molar refractivity (Wildman–Crippen MR) is 81.8 cm³/mol. The summed E-state index contributed by atoms with van der Waals surface area (Å²) in [7, 11) is 2.11. The number of rotatable bonds is 2. The standard InChI is InChI=1S/C15H22N2S/c1-12-7-6-10-14(11-12)17(2)15(18)16-13-8-4-3-5-9-13/h3-5,8-9,12,14H,6-7,10-11H2,1-2H3,(H,16,18). The minimum atomic E-state index is 0.595. The molecule has 0 aliphatic heterocycles. The van der Waals surface area contributed by atoms with Gasteiger partial charge in [0.1, 0.15) is 0 Å². The Morgan fingerprint density at radius 3 is 2.67 bits per heavy atom. The summed E-state index contributed by atoms with van der Waals surface area (Å²) in [6, 6.07) is 10.7. The predicted octanol–water partition coefficient (Wildman–Crippen LogP) is 3.89. The average molecular weight is 262 g/mol. The molecule has 1 fully saturated rings. The number of para-hydroxylation sites is 1. The second-order valence-corrected chi connectivity index (χ2v) is 5.72. The molecule has 1 aliphatic rings. The molecule has 0 radical (unpaired) electrons. The van der Waals surface area contributed by atoms with Crippen LogP contribution in [0.25, 0.3) is 0 Å². The van der Waals surface area contributed by atoms with Gasteiger partial charge >= 0.3 is 0 Å². The molecule has 2 rings (SSSR count). The van der Waals surface area contributed by atoms with Crippen molar-refractivity contribution in [1.29, 1.82) is 0 Å². The molecule has 0 aromatic heterocycles. The number of hydrogen-bond acceptors (Lipinski definition) is 1. The summed E-state index contributed by atoms with van der Waals surface area (Å²) in [6.07, 6.45) is 5.21. The Bertz CT molecular complexity index is 391. The van der Waals surface area contributed by atoms with Crippen molar-refractivity contribution in [2.24, 2.45) is 5.92 Å². The molecule has 2 nitrogen and oxygen atoms in total. The Kier molecular flexibility index (Phi) is 4.59. The van der Waals surface area contributed by atoms with Crippen molar-refractivity contribution in [1.82, 2.24) is 4.90 Å². The van der Waals surface area contributed by atoms with Crippen molar-refractivity contribution in [3.05, 3.63) is 30.3 Å². The summed E-state index contributed by atoms with van der Waals surface area (Å²) in [5.74, 6) is 0.825. The van der Waals surface area contributed by atoms with Gasteiger partial charge in [0.2, 0.25) is 0 Å². The highest BCUT2D eigenvalue weighted by Gasteiger charge is 2.23. The smallest absolute Gasteiger partial charge is 0.173 e. The van der Waals surface area contributed by atoms with Crippen molar-refractivity contribution >= 4 is 23.0 Å². The molecule has 1 aromatic carbocycles. The number of nitrogens with one attached hydrogen (secondary N) is 1. The van der Waals surface area contributed by atoms with Gasteiger partial charge in [0.15, 0.2) is 5.11 Å². The Hall–Kier alpha value is -1.09. The van der Waals surface area contributed by atoms with E-state index in [1.165, 1.54) is 25.7 Å². The minimum Gasteiger partial charge on any atom is -0.349 e. The topological polar surface area (TPSA) is 15.3 Å². The van der Waals surface area contributed by atoms with E-state index in [9.17, 15) is 0 Å². The highest BCUT2D eigenvalue weighted by Crippen LogP contribution is 2.27. The molecular formula is C15H22N2S. The third-order valence-electron chi connectivity index (χ3n) is 3.80. The summed E-state index contributed by atoms with van der Waals surface area (Å²) in [4.78, 5) is 2.23. The van der Waals surface area contributed by atoms with Gasteiger partial charge in [-0.15, -0.1) is 0 Å². The SMILES string of the molecule is CC1CCCC(N(C)C(=S)Nc2ccccc2)C1. The van der Waals surface area contributed by atoms with Crippen LogP contribution in [0.4, 0.5) is 5.69 Å². The Morgan fingerprint density at radius 1 is 1.28 bits per heavy atom. The van der Waals surface area contributed by atoms with E-state index >= 15 is 0 Å². The molecule has 1 aliphatic carbocycles. The third-order valence-corrected chi connectivity index (χ3v) is 4.19. The van der Waals surface area contributed by atoms with Crippen molar-refractivity contribution in [3.8, 4) is 0 Å². The molecule has 1 N–H and O–H groups in total. The van der Waals surface area contributed by atoms with Gasteiger partial charge < -0.3 is 10.2 Å². The number of nitrogens with zero attached hydrogens (tertiary/aromatic N) is 1. The Morgan fingerprint density at radius 2 is 2.00 bits per heavy atom. The summed E-state index contributed by atoms with van der Waals surface area (Å²) >= 11 is 5.49. The van der Waals surface area contributed by atoms with Crippen LogP contribution in [-0.4, -0.2) is 23.1 Å². The molecule has 3 heteroatoms. The highest BCUT2D eigenvalue weighted by molar-refractivity contribution is 7.80. The maximum absolute atomic E-state index is 5.49. The first kappa shape index (κ1) is 13.3. The van der Waals surface area contributed by atoms with E-state index in [1.807, 2.05) is 30.3 Å². The van der Waals surface area contributed by atoms with Gasteiger partial charge in [-0.3, -0.25) is 0 Å². The molecule has 98 valence electrons. The van der Waals surface area contributed by atoms with Crippen LogP contribution in [0.5, 0.6) is 0 Å². The molecule has 2 unspecified atom stereocenters. The lowest BCUT2D eigenvalue weighted by Crippen LogP contribution is -2.42. The molecular weight excluding hydrogens is 240 g/mol. The van der Waals surface area contributed by atoms with Crippen LogP contribution in [0.1, 0.15) is 32.6 Å². The first-order valence-electron chi connectivity index (χ1n) is 6.75. The van der Waals surface area contributed by atoms with Crippen LogP contribution in [0.2, 0.25) is 0 Å². The molecule has 18 heavy (non-hydrogen) atoms. The van der Waals surface area contributed by atoms with E-state index in [0.717, 1.165) is 16.7 Å². The summed E-state index contributed by atoms with van der Waals surface area (Å²) in [5.41, 5.74) is 1.07. The largest absolute Gasteiger partial charge is 0.349 e. The zero-order chi connectivity index (χ0) is 13.0. The molecule has 1 saturated carbocycles. The maximum Gasteiger partial charge on any atom is 0.173 e. The first-order valence-corrected chi connectivity index (χ1v) is 7.16. The normalized spacial score (nSPS) is 23.4. The number of benzene rings is 1. The monoisotopic (exact) mass is 262 g/mol. The van der Waals surface area contributed by atoms with Gasteiger partial charge in [-0.2, -0.15) is 0 Å². The first-order chi connectivity index (χ1) is 8.66. The quantitative estimate of drug-likeness (QED) is 0.814. The van der Waals surface area contributed by atoms with E-state index in [1.54, 1.807) is 0 Å². The van der Waals surface area contributed by atoms with Crippen molar-refractivity contribution < 1.29 is 0 Å². The number of anilines is 1. The fraction of sp³-hybridized carbons (Fsp3) is 0.533. The van der Waals surface area contributed by atoms with Crippen molar-refractivity contribution in [2.45, 2.75) is 38.6 Å². The molecule has 0 saturated heterocycles. The van der Waals surface area contributed by atoms with E-state index in [2.05, 4.69) is 24.2 Å². The van der Waals surface area contributed by atoms with Crippen LogP contribution in [0, 0.1) is 5.92 Å². The van der Waals surface area contributed by atoms with Gasteiger partial charge in [-0.25, -0.2) is 0 Å². The molecule has 0 heterocycles. The van der Waals surface area contributed by atoms with Crippen molar-refractivity contribution in [3.63, 3.8) is 0 Å². The van der Waals surface area contributed by atoms with Gasteiger partial charge in [0.05, 0.1) is 0 Å². The van der Waals surface area contributed by atoms with E-state index in [-0.39, 0.29) is 0 Å². The van der Waals surface area contributed by atoms with Crippen LogP contribution < -0.4 is 5.32 Å². The summed E-state index contributed by atoms with van der Waals surface area (Å²) in [5, 5.41) is 4.14. The van der Waals surface area contributed by atoms with Crippen LogP contribution in [-0.2, 0) is 0 Å². The second-order valence-electron chi connectivity index (χ2n) is 5.33. The Labute approximate surface area is 115 Å². The highest BCUT2D eigenvalue weighted by atomic mass is 32.1. The lowest BCUT2D eigenvalue weighted by atomic mass is 9.86. The van der Waals surface area contributed by atoms with E-state index in [0.29, 0.717) is 6.04 Å². The van der Waals surface area contributed by atoms with E-state index in [4.69, 9.17) is 12.2 Å². The van der Waals surface area contributed by atoms with Gasteiger partial charge in [0, 0.05) is 18.8 Å². The van der Waals surface area contributed by atoms with Crippen LogP contribution in [0.3, 0.4) is 0 Å². The summed E-state index contributed by atoms with van der Waals surface area (Å²) in [6.45, 7) is 2.34. The Balaban J connectivity index is 1.92. The average Bonchev–Trinajstić information content (AvgIpc) is 2.39. The summed E-state index contributed by atoms with van der Waals surface area (Å²) < 4.78 is 0. The molecule has 0 amide bonds. The van der Waals surface area contributed by atoms with E-state index < -0.39 is 0 Å². The van der Waals surface area contributed by atoms with Gasteiger partial charge in [0.25, 0.3) is 0 Å². The molecule has 2 atom stereocenters. The molecule has 0 bridgehead atoms. The number of hydrogen-bond donors (Lipinski definition) is 1. The zero-order valence-electron chi connectivity index (χ0n) is 11.2. The van der Waals surface area contributed by atoms with Crippen LogP contribution in [0.15, 0.2) is 30.3 Å². The minimum absolute atomic E-state index is 0.595. The van der Waals surface area contributed by atoms with Gasteiger partial charge in [-0.05, 0) is 43.1 Å². The fourth-order valence-corrected chi connectivity index (χ4v) is 2.92. The molecule has 0 spiro atoms. The zero-order valence-corrected chi connectivity index (χ0v) is 12.0. The lowest BCUT2D eigenvalue weighted by molar-refractivity contribution is 0.234. The van der Waals surface area contributed by atoms with Gasteiger partial charge in [-0.1, -0.05) is 38.0 Å². The molecule has 1 aromatic rings. The van der Waals surface area contributed by atoms with Crippen molar-refractivity contribution in [2.75, 3.05) is 12.4 Å². The fourth-order valence-electron chi connectivity index (χ4n) is 2.65. The lowest BCUT2D eigenvalue weighted by Gasteiger charge is -2.35. The number of thiocarbonyl (C=S) groups is 1. The second kappa shape index (κ2) is 6.19. The maximum atomic E-state index is 5.49.